The van der Waals surface area contributed by atoms with Gasteiger partial charge in [-0.25, -0.2) is 4.98 Å². The monoisotopic (exact) mass is 467 g/mol. The summed E-state index contributed by atoms with van der Waals surface area (Å²) in [6.07, 6.45) is 3.54. The molecule has 0 saturated carbocycles. The van der Waals surface area contributed by atoms with Gasteiger partial charge in [-0.2, -0.15) is 0 Å². The number of fused-ring (bicyclic) bond motifs is 1. The first kappa shape index (κ1) is 21.7. The third-order valence-corrected chi connectivity index (χ3v) is 5.88. The van der Waals surface area contributed by atoms with Gasteiger partial charge in [0.2, 0.25) is 0 Å². The van der Waals surface area contributed by atoms with Gasteiger partial charge in [0, 0.05) is 50.8 Å². The second-order valence-corrected chi connectivity index (χ2v) is 8.37. The number of benzene rings is 2. The smallest absolute Gasteiger partial charge is 0.255 e. The fraction of sp³-hybridized carbons (Fsp3) is 0.0741. The largest absolute Gasteiger partial charge is 0.358 e. The van der Waals surface area contributed by atoms with Crippen LogP contribution in [0.25, 0.3) is 10.9 Å². The number of halogens is 1. The number of nitrogens with one attached hydrogen (secondary N) is 3. The van der Waals surface area contributed by atoms with Crippen molar-refractivity contribution in [3.8, 4) is 0 Å². The summed E-state index contributed by atoms with van der Waals surface area (Å²) in [5.41, 5.74) is 5.13. The Hall–Kier alpha value is -4.16. The van der Waals surface area contributed by atoms with Crippen LogP contribution < -0.4 is 10.6 Å². The number of rotatable bonds is 6. The van der Waals surface area contributed by atoms with Crippen LogP contribution in [0, 0.1) is 6.92 Å². The molecule has 0 bridgehead atoms. The van der Waals surface area contributed by atoms with Crippen molar-refractivity contribution in [2.24, 2.45) is 0 Å². The molecule has 0 spiro atoms. The van der Waals surface area contributed by atoms with Crippen LogP contribution in [-0.2, 0) is 0 Å². The molecule has 0 aliphatic heterocycles. The maximum Gasteiger partial charge on any atom is 0.255 e. The Bertz CT molecular complexity index is 1430. The van der Waals surface area contributed by atoms with Crippen molar-refractivity contribution in [1.29, 1.82) is 0 Å². The van der Waals surface area contributed by atoms with Crippen LogP contribution in [0.2, 0.25) is 5.02 Å². The molecule has 1 atom stereocenters. The number of hydrogen-bond acceptors (Lipinski definition) is 4. The normalized spacial score (nSPS) is 11.8. The van der Waals surface area contributed by atoms with E-state index in [-0.39, 0.29) is 11.9 Å². The molecule has 34 heavy (non-hydrogen) atoms. The lowest BCUT2D eigenvalue weighted by molar-refractivity contribution is 0.102. The molecule has 6 nitrogen and oxygen atoms in total. The molecule has 0 saturated heterocycles. The van der Waals surface area contributed by atoms with Crippen LogP contribution in [0.1, 0.15) is 33.4 Å². The Morgan fingerprint density at radius 3 is 2.41 bits per heavy atom. The highest BCUT2D eigenvalue weighted by Gasteiger charge is 2.23. The third kappa shape index (κ3) is 4.49. The summed E-state index contributed by atoms with van der Waals surface area (Å²) in [5, 5.41) is 8.10. The zero-order valence-electron chi connectivity index (χ0n) is 18.4. The Morgan fingerprint density at radius 2 is 1.71 bits per heavy atom. The van der Waals surface area contributed by atoms with Gasteiger partial charge in [-0.1, -0.05) is 23.7 Å². The van der Waals surface area contributed by atoms with Gasteiger partial charge in [0.1, 0.15) is 5.82 Å². The Morgan fingerprint density at radius 1 is 0.941 bits per heavy atom. The predicted octanol–water partition coefficient (Wildman–Crippen LogP) is 6.37. The highest BCUT2D eigenvalue weighted by Crippen LogP contribution is 2.35. The van der Waals surface area contributed by atoms with Gasteiger partial charge in [-0.05, 0) is 73.7 Å². The number of pyridine rings is 2. The van der Waals surface area contributed by atoms with Crippen LogP contribution in [-0.4, -0.2) is 20.9 Å². The molecule has 0 radical (unpaired) electrons. The Kier molecular flexibility index (Phi) is 5.97. The van der Waals surface area contributed by atoms with Gasteiger partial charge in [-0.3, -0.25) is 9.78 Å². The standard InChI is InChI=1S/C27H22ClN5O/c1-17-25(26(23-6-2-4-14-29-23)33-24-7-3-5-15-30-24)21-16-20(12-13-22(21)31-17)32-27(34)18-8-10-19(28)11-9-18/h2-16,26,31H,1H3,(H,30,33)(H,32,34)/t26-/m1/s1. The van der Waals surface area contributed by atoms with E-state index in [2.05, 4.69) is 25.6 Å². The number of anilines is 2. The summed E-state index contributed by atoms with van der Waals surface area (Å²) in [4.78, 5) is 25.3. The molecule has 0 unspecified atom stereocenters. The second-order valence-electron chi connectivity index (χ2n) is 7.93. The minimum Gasteiger partial charge on any atom is -0.358 e. The van der Waals surface area contributed by atoms with E-state index >= 15 is 0 Å². The van der Waals surface area contributed by atoms with Crippen LogP contribution in [0.4, 0.5) is 11.5 Å². The molecule has 1 amide bonds. The Balaban J connectivity index is 1.55. The summed E-state index contributed by atoms with van der Waals surface area (Å²) >= 11 is 5.95. The van der Waals surface area contributed by atoms with Gasteiger partial charge in [0.25, 0.3) is 5.91 Å². The minimum atomic E-state index is -0.243. The van der Waals surface area contributed by atoms with Gasteiger partial charge in [0.05, 0.1) is 11.7 Å². The molecule has 5 rings (SSSR count). The maximum absolute atomic E-state index is 12.8. The predicted molar refractivity (Wildman–Crippen MR) is 136 cm³/mol. The lowest BCUT2D eigenvalue weighted by atomic mass is 9.99. The van der Waals surface area contributed by atoms with E-state index in [0.29, 0.717) is 16.3 Å². The number of H-pyrrole nitrogens is 1. The molecule has 168 valence electrons. The Labute approximate surface area is 202 Å². The van der Waals surface area contributed by atoms with Crippen LogP contribution in [0.3, 0.4) is 0 Å². The molecule has 3 aromatic heterocycles. The van der Waals surface area contributed by atoms with E-state index in [9.17, 15) is 4.79 Å². The zero-order chi connectivity index (χ0) is 23.5. The van der Waals surface area contributed by atoms with Crippen molar-refractivity contribution in [1.82, 2.24) is 15.0 Å². The molecular formula is C27H22ClN5O. The highest BCUT2D eigenvalue weighted by atomic mass is 35.5. The number of aromatic nitrogens is 3. The number of carbonyl (C=O) groups excluding carboxylic acids is 1. The molecule has 0 aliphatic carbocycles. The number of hydrogen-bond donors (Lipinski definition) is 3. The first-order valence-electron chi connectivity index (χ1n) is 10.9. The number of amides is 1. The first-order chi connectivity index (χ1) is 16.6. The molecule has 5 aromatic rings. The van der Waals surface area contributed by atoms with Crippen LogP contribution >= 0.6 is 11.6 Å². The van der Waals surface area contributed by atoms with Gasteiger partial charge >= 0.3 is 0 Å². The highest BCUT2D eigenvalue weighted by molar-refractivity contribution is 6.30. The minimum absolute atomic E-state index is 0.197. The average molecular weight is 468 g/mol. The lowest BCUT2D eigenvalue weighted by Gasteiger charge is -2.20. The zero-order valence-corrected chi connectivity index (χ0v) is 19.2. The van der Waals surface area contributed by atoms with Crippen molar-refractivity contribution in [2.75, 3.05) is 10.6 Å². The van der Waals surface area contributed by atoms with Crippen LogP contribution in [0.15, 0.2) is 91.3 Å². The average Bonchev–Trinajstić information content (AvgIpc) is 3.19. The van der Waals surface area contributed by atoms with Crippen molar-refractivity contribution in [2.45, 2.75) is 13.0 Å². The van der Waals surface area contributed by atoms with Crippen molar-refractivity contribution < 1.29 is 4.79 Å². The molecule has 2 aromatic carbocycles. The quantitative estimate of drug-likeness (QED) is 0.271. The number of nitrogens with zero attached hydrogens (tertiary/aromatic N) is 2. The summed E-state index contributed by atoms with van der Waals surface area (Å²) in [7, 11) is 0. The third-order valence-electron chi connectivity index (χ3n) is 5.63. The van der Waals surface area contributed by atoms with E-state index in [1.165, 1.54) is 0 Å². The van der Waals surface area contributed by atoms with Gasteiger partial charge in [-0.15, -0.1) is 0 Å². The van der Waals surface area contributed by atoms with Crippen molar-refractivity contribution >= 4 is 39.9 Å². The number of aryl methyl sites for hydroxylation is 1. The van der Waals surface area contributed by atoms with Gasteiger partial charge in [0.15, 0.2) is 0 Å². The van der Waals surface area contributed by atoms with E-state index in [4.69, 9.17) is 11.6 Å². The summed E-state index contributed by atoms with van der Waals surface area (Å²) in [5.74, 6) is 0.553. The fourth-order valence-electron chi connectivity index (χ4n) is 4.04. The van der Waals surface area contributed by atoms with Crippen LogP contribution in [0.5, 0.6) is 0 Å². The number of aromatic amines is 1. The van der Waals surface area contributed by atoms with E-state index in [1.807, 2.05) is 61.5 Å². The second kappa shape index (κ2) is 9.37. The SMILES string of the molecule is Cc1[nH]c2ccc(NC(=O)c3ccc(Cl)cc3)cc2c1[C@H](Nc1ccccn1)c1ccccn1. The molecule has 7 heteroatoms. The van der Waals surface area contributed by atoms with E-state index in [1.54, 1.807) is 36.7 Å². The summed E-state index contributed by atoms with van der Waals surface area (Å²) in [6.45, 7) is 2.04. The topological polar surface area (TPSA) is 82.7 Å². The maximum atomic E-state index is 12.8. The first-order valence-corrected chi connectivity index (χ1v) is 11.2. The summed E-state index contributed by atoms with van der Waals surface area (Å²) < 4.78 is 0. The number of carbonyl (C=O) groups is 1. The molecular weight excluding hydrogens is 446 g/mol. The molecule has 0 fully saturated rings. The molecule has 3 heterocycles. The van der Waals surface area contributed by atoms with Gasteiger partial charge < -0.3 is 15.6 Å². The van der Waals surface area contributed by atoms with E-state index in [0.717, 1.165) is 33.7 Å². The van der Waals surface area contributed by atoms with Crippen molar-refractivity contribution in [3.63, 3.8) is 0 Å². The lowest BCUT2D eigenvalue weighted by Crippen LogP contribution is -2.15. The van der Waals surface area contributed by atoms with Crippen molar-refractivity contribution in [3.05, 3.63) is 119 Å². The summed E-state index contributed by atoms with van der Waals surface area (Å²) in [6, 6.07) is 24.0. The molecule has 3 N–H and O–H groups in total. The van der Waals surface area contributed by atoms with E-state index < -0.39 is 0 Å². The fourth-order valence-corrected chi connectivity index (χ4v) is 4.16. The molecule has 0 aliphatic rings.